The van der Waals surface area contributed by atoms with Crippen molar-refractivity contribution < 1.29 is 9.53 Å². The Morgan fingerprint density at radius 1 is 1.20 bits per heavy atom. The molecular weight excluding hydrogens is 330 g/mol. The second-order valence-electron chi connectivity index (χ2n) is 6.58. The summed E-state index contributed by atoms with van der Waals surface area (Å²) >= 11 is 1.77. The van der Waals surface area contributed by atoms with Crippen LogP contribution in [0.3, 0.4) is 0 Å². The van der Waals surface area contributed by atoms with E-state index >= 15 is 0 Å². The lowest BCUT2D eigenvalue weighted by Gasteiger charge is -2.36. The van der Waals surface area contributed by atoms with E-state index in [1.54, 1.807) is 11.3 Å². The molecule has 1 aliphatic heterocycles. The highest BCUT2D eigenvalue weighted by Crippen LogP contribution is 2.26. The molecule has 0 radical (unpaired) electrons. The monoisotopic (exact) mass is 357 g/mol. The summed E-state index contributed by atoms with van der Waals surface area (Å²) in [6.07, 6.45) is 3.66. The molecule has 2 heterocycles. The van der Waals surface area contributed by atoms with Crippen LogP contribution in [0.1, 0.15) is 42.5 Å². The summed E-state index contributed by atoms with van der Waals surface area (Å²) in [5.74, 6) is 0.226. The van der Waals surface area contributed by atoms with Gasteiger partial charge in [-0.3, -0.25) is 4.79 Å². The summed E-state index contributed by atoms with van der Waals surface area (Å²) in [5.41, 5.74) is 1.13. The first-order valence-corrected chi connectivity index (χ1v) is 10.1. The molecular formula is C21H27NO2S. The van der Waals surface area contributed by atoms with E-state index in [1.807, 2.05) is 18.2 Å². The van der Waals surface area contributed by atoms with Crippen LogP contribution in [0.15, 0.2) is 47.8 Å². The van der Waals surface area contributed by atoms with Crippen LogP contribution in [0.5, 0.6) is 0 Å². The van der Waals surface area contributed by atoms with Crippen LogP contribution in [0.2, 0.25) is 0 Å². The predicted molar refractivity (Wildman–Crippen MR) is 103 cm³/mol. The number of hydrogen-bond acceptors (Lipinski definition) is 3. The largest absolute Gasteiger partial charge is 0.381 e. The average Bonchev–Trinajstić information content (AvgIpc) is 3.18. The Balaban J connectivity index is 1.77. The van der Waals surface area contributed by atoms with E-state index < -0.39 is 0 Å². The van der Waals surface area contributed by atoms with Crippen molar-refractivity contribution in [3.05, 3.63) is 58.3 Å². The van der Waals surface area contributed by atoms with Crippen LogP contribution >= 0.6 is 11.3 Å². The Labute approximate surface area is 154 Å². The minimum Gasteiger partial charge on any atom is -0.381 e. The first-order chi connectivity index (χ1) is 12.3. The molecule has 25 heavy (non-hydrogen) atoms. The van der Waals surface area contributed by atoms with Crippen LogP contribution in [0.4, 0.5) is 0 Å². The van der Waals surface area contributed by atoms with Gasteiger partial charge in [-0.15, -0.1) is 11.3 Å². The Hall–Kier alpha value is -1.65. The van der Waals surface area contributed by atoms with Crippen LogP contribution in [0.25, 0.3) is 0 Å². The number of benzene rings is 1. The van der Waals surface area contributed by atoms with Crippen molar-refractivity contribution in [2.75, 3.05) is 19.8 Å². The minimum absolute atomic E-state index is 0.0487. The molecule has 1 aliphatic rings. The van der Waals surface area contributed by atoms with E-state index in [0.29, 0.717) is 6.04 Å². The Bertz CT molecular complexity index is 635. The maximum atomic E-state index is 13.4. The van der Waals surface area contributed by atoms with E-state index in [2.05, 4.69) is 41.5 Å². The van der Waals surface area contributed by atoms with E-state index in [0.717, 1.165) is 51.0 Å². The highest BCUT2D eigenvalue weighted by Gasteiger charge is 2.30. The third-order valence-corrected chi connectivity index (χ3v) is 5.94. The van der Waals surface area contributed by atoms with Crippen molar-refractivity contribution in [3.63, 3.8) is 0 Å². The Kier molecular flexibility index (Phi) is 6.65. The molecule has 0 bridgehead atoms. The molecule has 0 spiro atoms. The zero-order valence-corrected chi connectivity index (χ0v) is 15.7. The molecule has 0 saturated carbocycles. The molecule has 1 amide bonds. The molecule has 4 heteroatoms. The van der Waals surface area contributed by atoms with E-state index in [9.17, 15) is 4.79 Å². The molecule has 1 aromatic carbocycles. The van der Waals surface area contributed by atoms with Crippen molar-refractivity contribution in [1.29, 1.82) is 0 Å². The quantitative estimate of drug-likeness (QED) is 0.730. The molecule has 1 saturated heterocycles. The molecule has 0 unspecified atom stereocenters. The molecule has 2 aromatic rings. The van der Waals surface area contributed by atoms with Crippen LogP contribution in [0, 0.1) is 0 Å². The van der Waals surface area contributed by atoms with Crippen molar-refractivity contribution in [2.24, 2.45) is 0 Å². The van der Waals surface area contributed by atoms with E-state index in [4.69, 9.17) is 4.74 Å². The topological polar surface area (TPSA) is 29.5 Å². The summed E-state index contributed by atoms with van der Waals surface area (Å²) in [7, 11) is 0. The zero-order chi connectivity index (χ0) is 17.5. The Morgan fingerprint density at radius 2 is 1.96 bits per heavy atom. The fourth-order valence-corrected chi connectivity index (χ4v) is 4.29. The highest BCUT2D eigenvalue weighted by molar-refractivity contribution is 7.09. The van der Waals surface area contributed by atoms with Crippen molar-refractivity contribution in [2.45, 2.75) is 44.6 Å². The maximum Gasteiger partial charge on any atom is 0.230 e. The summed E-state index contributed by atoms with van der Waals surface area (Å²) in [6.45, 7) is 4.43. The maximum absolute atomic E-state index is 13.4. The van der Waals surface area contributed by atoms with Gasteiger partial charge in [-0.25, -0.2) is 0 Å². The van der Waals surface area contributed by atoms with Crippen LogP contribution in [-0.4, -0.2) is 36.6 Å². The number of carbonyl (C=O) groups is 1. The van der Waals surface area contributed by atoms with Crippen molar-refractivity contribution in [1.82, 2.24) is 4.90 Å². The van der Waals surface area contributed by atoms with Gasteiger partial charge in [0.1, 0.15) is 0 Å². The summed E-state index contributed by atoms with van der Waals surface area (Å²) in [6, 6.07) is 14.8. The fourth-order valence-electron chi connectivity index (χ4n) is 3.59. The number of ether oxygens (including phenoxy) is 1. The number of thiophene rings is 1. The smallest absolute Gasteiger partial charge is 0.230 e. The van der Waals surface area contributed by atoms with Gasteiger partial charge in [0.2, 0.25) is 5.91 Å². The number of nitrogens with zero attached hydrogens (tertiary/aromatic N) is 1. The van der Waals surface area contributed by atoms with Gasteiger partial charge in [-0.05, 0) is 42.7 Å². The molecule has 3 nitrogen and oxygen atoms in total. The summed E-state index contributed by atoms with van der Waals surface area (Å²) in [4.78, 5) is 16.9. The van der Waals surface area contributed by atoms with Crippen LogP contribution in [-0.2, 0) is 16.0 Å². The first-order valence-electron chi connectivity index (χ1n) is 9.25. The van der Waals surface area contributed by atoms with Gasteiger partial charge in [0.15, 0.2) is 0 Å². The van der Waals surface area contributed by atoms with Gasteiger partial charge in [-0.1, -0.05) is 43.3 Å². The van der Waals surface area contributed by atoms with E-state index in [-0.39, 0.29) is 11.8 Å². The van der Waals surface area contributed by atoms with Gasteiger partial charge in [0.25, 0.3) is 0 Å². The lowest BCUT2D eigenvalue weighted by molar-refractivity contribution is -0.137. The normalized spacial score (nSPS) is 16.5. The third kappa shape index (κ3) is 4.71. The van der Waals surface area contributed by atoms with Gasteiger partial charge < -0.3 is 9.64 Å². The zero-order valence-electron chi connectivity index (χ0n) is 14.9. The van der Waals surface area contributed by atoms with Gasteiger partial charge in [0, 0.05) is 30.7 Å². The van der Waals surface area contributed by atoms with Crippen molar-refractivity contribution >= 4 is 17.2 Å². The lowest BCUT2D eigenvalue weighted by atomic mass is 9.93. The number of hydrogen-bond donors (Lipinski definition) is 0. The predicted octanol–water partition coefficient (Wildman–Crippen LogP) is 4.49. The fraction of sp³-hybridized carbons (Fsp3) is 0.476. The molecule has 1 aromatic heterocycles. The van der Waals surface area contributed by atoms with Crippen LogP contribution < -0.4 is 0 Å². The third-order valence-electron chi connectivity index (χ3n) is 5.00. The lowest BCUT2D eigenvalue weighted by Crippen LogP contribution is -2.46. The molecule has 134 valence electrons. The molecule has 1 fully saturated rings. The van der Waals surface area contributed by atoms with Gasteiger partial charge in [-0.2, -0.15) is 0 Å². The average molecular weight is 358 g/mol. The summed E-state index contributed by atoms with van der Waals surface area (Å²) < 4.78 is 5.52. The Morgan fingerprint density at radius 3 is 2.60 bits per heavy atom. The number of carbonyl (C=O) groups excluding carboxylic acids is 1. The standard InChI is InChI=1S/C21H27NO2S/c1-2-20(17-7-4-3-5-8-17)21(23)22(18-11-14-24-15-12-18)13-10-19-9-6-16-25-19/h3-9,16,18,20H,2,10-15H2,1H3/t20-/m1/s1. The SMILES string of the molecule is CC[C@@H](C(=O)N(CCc1cccs1)C1CCOCC1)c1ccccc1. The highest BCUT2D eigenvalue weighted by atomic mass is 32.1. The second kappa shape index (κ2) is 9.16. The number of rotatable bonds is 7. The second-order valence-corrected chi connectivity index (χ2v) is 7.61. The summed E-state index contributed by atoms with van der Waals surface area (Å²) in [5, 5.41) is 2.11. The minimum atomic E-state index is -0.0487. The first kappa shape index (κ1) is 18.2. The molecule has 0 aliphatic carbocycles. The van der Waals surface area contributed by atoms with Crippen molar-refractivity contribution in [3.8, 4) is 0 Å². The number of amides is 1. The van der Waals surface area contributed by atoms with Gasteiger partial charge in [0.05, 0.1) is 5.92 Å². The molecule has 0 N–H and O–H groups in total. The van der Waals surface area contributed by atoms with Gasteiger partial charge >= 0.3 is 0 Å². The molecule has 3 rings (SSSR count). The van der Waals surface area contributed by atoms with E-state index in [1.165, 1.54) is 4.88 Å². The molecule has 1 atom stereocenters.